The molecular formula is C25H22Cl2N2O4. The van der Waals surface area contributed by atoms with Gasteiger partial charge in [-0.25, -0.2) is 5.01 Å². The third-order valence-corrected chi connectivity index (χ3v) is 6.65. The van der Waals surface area contributed by atoms with E-state index in [1.54, 1.807) is 24.3 Å². The van der Waals surface area contributed by atoms with Gasteiger partial charge >= 0.3 is 0 Å². The quantitative estimate of drug-likeness (QED) is 0.344. The molecule has 0 bridgehead atoms. The Kier molecular flexibility index (Phi) is 6.41. The van der Waals surface area contributed by atoms with Crippen LogP contribution >= 0.6 is 23.2 Å². The Balaban J connectivity index is 1.72. The third-order valence-electron chi connectivity index (χ3n) is 6.10. The summed E-state index contributed by atoms with van der Waals surface area (Å²) in [5.41, 5.74) is 2.41. The molecule has 0 radical (unpaired) electrons. The summed E-state index contributed by atoms with van der Waals surface area (Å²) < 4.78 is 0. The van der Waals surface area contributed by atoms with Crippen LogP contribution in [0.2, 0.25) is 10.0 Å². The standard InChI is InChI=1S/C25H22Cl2N2O4/c1-14-3-6-16(7-4-14)22(30)13-28(23(31)19-10-8-17(26)12-21(19)27)29-24(32)18-9-5-15(2)11-20(18)25(29)33/h3-8,10,12,18,20H,9,11,13H2,1-2H3/t18-,20+/m0/s1. The Bertz CT molecular complexity index is 1190. The maximum Gasteiger partial charge on any atom is 0.274 e. The largest absolute Gasteiger partial charge is 0.292 e. The topological polar surface area (TPSA) is 74.8 Å². The van der Waals surface area contributed by atoms with Crippen molar-refractivity contribution in [3.05, 3.63) is 80.8 Å². The van der Waals surface area contributed by atoms with E-state index in [9.17, 15) is 19.2 Å². The highest BCUT2D eigenvalue weighted by Gasteiger charge is 2.51. The molecule has 33 heavy (non-hydrogen) atoms. The Morgan fingerprint density at radius 1 is 1.00 bits per heavy atom. The van der Waals surface area contributed by atoms with Gasteiger partial charge < -0.3 is 0 Å². The van der Waals surface area contributed by atoms with Crippen molar-refractivity contribution in [3.63, 3.8) is 0 Å². The molecule has 6 nitrogen and oxygen atoms in total. The second-order valence-electron chi connectivity index (χ2n) is 8.47. The molecular weight excluding hydrogens is 463 g/mol. The van der Waals surface area contributed by atoms with Gasteiger partial charge in [-0.15, -0.1) is 0 Å². The van der Waals surface area contributed by atoms with E-state index >= 15 is 0 Å². The number of nitrogens with zero attached hydrogens (tertiary/aromatic N) is 2. The molecule has 2 aromatic carbocycles. The highest BCUT2D eigenvalue weighted by atomic mass is 35.5. The lowest BCUT2D eigenvalue weighted by molar-refractivity contribution is -0.154. The molecule has 3 amide bonds. The smallest absolute Gasteiger partial charge is 0.274 e. The molecule has 4 rings (SSSR count). The summed E-state index contributed by atoms with van der Waals surface area (Å²) in [7, 11) is 0. The number of hydrazine groups is 1. The molecule has 170 valence electrons. The number of ketones is 1. The molecule has 2 aliphatic rings. The van der Waals surface area contributed by atoms with Crippen LogP contribution in [0.4, 0.5) is 0 Å². The molecule has 0 N–H and O–H groups in total. The van der Waals surface area contributed by atoms with Gasteiger partial charge in [0.15, 0.2) is 5.78 Å². The van der Waals surface area contributed by atoms with Crippen LogP contribution in [0, 0.1) is 18.8 Å². The second kappa shape index (κ2) is 9.12. The summed E-state index contributed by atoms with van der Waals surface area (Å²) >= 11 is 12.2. The number of hydrogen-bond acceptors (Lipinski definition) is 4. The molecule has 0 spiro atoms. The molecule has 0 aromatic heterocycles. The first-order valence-electron chi connectivity index (χ1n) is 10.6. The fourth-order valence-electron chi connectivity index (χ4n) is 4.26. The van der Waals surface area contributed by atoms with Crippen LogP contribution in [0.5, 0.6) is 0 Å². The number of carbonyl (C=O) groups excluding carboxylic acids is 4. The number of allylic oxidation sites excluding steroid dienone is 2. The molecule has 2 atom stereocenters. The molecule has 1 aliphatic heterocycles. The first kappa shape index (κ1) is 23.2. The van der Waals surface area contributed by atoms with Crippen molar-refractivity contribution in [1.29, 1.82) is 0 Å². The predicted octanol–water partition coefficient (Wildman–Crippen LogP) is 4.88. The van der Waals surface area contributed by atoms with E-state index in [2.05, 4.69) is 0 Å². The van der Waals surface area contributed by atoms with Crippen molar-refractivity contribution in [2.45, 2.75) is 26.7 Å². The zero-order valence-corrected chi connectivity index (χ0v) is 19.7. The minimum atomic E-state index is -0.720. The normalized spacial score (nSPS) is 19.9. The van der Waals surface area contributed by atoms with Crippen LogP contribution in [0.25, 0.3) is 0 Å². The number of benzene rings is 2. The number of Topliss-reactive ketones (excluding diaryl/α,β-unsaturated/α-hetero) is 1. The number of amides is 3. The van der Waals surface area contributed by atoms with Crippen LogP contribution < -0.4 is 0 Å². The lowest BCUT2D eigenvalue weighted by Gasteiger charge is -2.30. The molecule has 0 saturated carbocycles. The SMILES string of the molecule is CC1=CC[C@@H]2C(=O)N(N(CC(=O)c3ccc(C)cc3)C(=O)c3ccc(Cl)cc3Cl)C(=O)[C@@H]2C1. The molecule has 8 heteroatoms. The van der Waals surface area contributed by atoms with Gasteiger partial charge in [-0.05, 0) is 44.9 Å². The van der Waals surface area contributed by atoms with Crippen LogP contribution in [0.15, 0.2) is 54.1 Å². The van der Waals surface area contributed by atoms with E-state index in [-0.39, 0.29) is 10.6 Å². The zero-order chi connectivity index (χ0) is 23.9. The maximum absolute atomic E-state index is 13.5. The molecule has 1 saturated heterocycles. The highest BCUT2D eigenvalue weighted by Crippen LogP contribution is 2.39. The van der Waals surface area contributed by atoms with E-state index < -0.39 is 41.9 Å². The predicted molar refractivity (Wildman–Crippen MR) is 125 cm³/mol. The summed E-state index contributed by atoms with van der Waals surface area (Å²) in [6, 6.07) is 11.2. The molecule has 1 fully saturated rings. The lowest BCUT2D eigenvalue weighted by Crippen LogP contribution is -2.52. The summed E-state index contributed by atoms with van der Waals surface area (Å²) in [6.45, 7) is 3.32. The van der Waals surface area contributed by atoms with Crippen molar-refractivity contribution in [2.75, 3.05) is 6.54 Å². The molecule has 1 heterocycles. The molecule has 2 aromatic rings. The van der Waals surface area contributed by atoms with E-state index in [1.807, 2.05) is 19.9 Å². The van der Waals surface area contributed by atoms with Gasteiger partial charge in [0.1, 0.15) is 6.54 Å². The third kappa shape index (κ3) is 4.45. The number of halogens is 2. The summed E-state index contributed by atoms with van der Waals surface area (Å²) in [5.74, 6) is -3.18. The van der Waals surface area contributed by atoms with E-state index in [1.165, 1.54) is 18.2 Å². The molecule has 0 unspecified atom stereocenters. The Hall–Kier alpha value is -2.96. The van der Waals surface area contributed by atoms with Gasteiger partial charge in [0.2, 0.25) is 0 Å². The van der Waals surface area contributed by atoms with Crippen molar-refractivity contribution >= 4 is 46.7 Å². The van der Waals surface area contributed by atoms with Gasteiger partial charge in [-0.1, -0.05) is 64.7 Å². The van der Waals surface area contributed by atoms with E-state index in [0.717, 1.165) is 21.2 Å². The highest BCUT2D eigenvalue weighted by molar-refractivity contribution is 6.36. The first-order valence-corrected chi connectivity index (χ1v) is 11.3. The fourth-order valence-corrected chi connectivity index (χ4v) is 4.75. The lowest BCUT2D eigenvalue weighted by atomic mass is 9.82. The number of aryl methyl sites for hydroxylation is 1. The average Bonchev–Trinajstić information content (AvgIpc) is 3.01. The minimum absolute atomic E-state index is 0.0440. The van der Waals surface area contributed by atoms with Crippen molar-refractivity contribution in [2.24, 2.45) is 11.8 Å². The van der Waals surface area contributed by atoms with Crippen molar-refractivity contribution < 1.29 is 19.2 Å². The van der Waals surface area contributed by atoms with Crippen molar-refractivity contribution in [3.8, 4) is 0 Å². The number of imide groups is 1. The first-order chi connectivity index (χ1) is 15.7. The number of rotatable bonds is 5. The Morgan fingerprint density at radius 3 is 2.33 bits per heavy atom. The number of carbonyl (C=O) groups is 4. The number of fused-ring (bicyclic) bond motifs is 1. The fraction of sp³-hybridized carbons (Fsp3) is 0.280. The van der Waals surface area contributed by atoms with Gasteiger partial charge in [-0.3, -0.25) is 19.2 Å². The zero-order valence-electron chi connectivity index (χ0n) is 18.2. The van der Waals surface area contributed by atoms with Crippen LogP contribution in [0.3, 0.4) is 0 Å². The monoisotopic (exact) mass is 484 g/mol. The Labute approximate surface area is 201 Å². The maximum atomic E-state index is 13.5. The van der Waals surface area contributed by atoms with Crippen LogP contribution in [-0.2, 0) is 9.59 Å². The van der Waals surface area contributed by atoms with E-state index in [4.69, 9.17) is 23.2 Å². The van der Waals surface area contributed by atoms with Gasteiger partial charge in [-0.2, -0.15) is 5.01 Å². The summed E-state index contributed by atoms with van der Waals surface area (Å²) in [4.78, 5) is 53.1. The number of hydrogen-bond donors (Lipinski definition) is 0. The van der Waals surface area contributed by atoms with Gasteiger partial charge in [0.25, 0.3) is 17.7 Å². The molecule has 1 aliphatic carbocycles. The van der Waals surface area contributed by atoms with Crippen molar-refractivity contribution in [1.82, 2.24) is 10.0 Å². The summed E-state index contributed by atoms with van der Waals surface area (Å²) in [6.07, 6.45) is 2.81. The second-order valence-corrected chi connectivity index (χ2v) is 9.31. The minimum Gasteiger partial charge on any atom is -0.292 e. The van der Waals surface area contributed by atoms with E-state index in [0.29, 0.717) is 23.4 Å². The van der Waals surface area contributed by atoms with Gasteiger partial charge in [0, 0.05) is 10.6 Å². The summed E-state index contributed by atoms with van der Waals surface area (Å²) in [5, 5.41) is 2.17. The Morgan fingerprint density at radius 2 is 1.67 bits per heavy atom. The van der Waals surface area contributed by atoms with Gasteiger partial charge in [0.05, 0.1) is 22.4 Å². The average molecular weight is 485 g/mol. The van der Waals surface area contributed by atoms with Crippen LogP contribution in [0.1, 0.15) is 46.0 Å². The van der Waals surface area contributed by atoms with Crippen LogP contribution in [-0.4, -0.2) is 40.1 Å².